The Morgan fingerprint density at radius 1 is 1.60 bits per heavy atom. The van der Waals surface area contributed by atoms with E-state index in [-0.39, 0.29) is 11.4 Å². The summed E-state index contributed by atoms with van der Waals surface area (Å²) >= 11 is 0. The summed E-state index contributed by atoms with van der Waals surface area (Å²) in [5.41, 5.74) is 5.21. The van der Waals surface area contributed by atoms with Gasteiger partial charge in [-0.3, -0.25) is 9.59 Å². The van der Waals surface area contributed by atoms with E-state index in [4.69, 9.17) is 5.73 Å². The number of ketones is 1. The molecule has 0 aromatic rings. The van der Waals surface area contributed by atoms with E-state index < -0.39 is 5.91 Å². The number of hydrogen-bond acceptors (Lipinski definition) is 2. The van der Waals surface area contributed by atoms with Gasteiger partial charge in [-0.05, 0) is 6.08 Å². The number of nitrogens with two attached hydrogens (primary N) is 1. The van der Waals surface area contributed by atoms with Crippen LogP contribution in [0.2, 0.25) is 0 Å². The largest absolute Gasteiger partial charge is 0.366 e. The average molecular weight is 137 g/mol. The van der Waals surface area contributed by atoms with Gasteiger partial charge in [0.2, 0.25) is 5.91 Å². The first-order valence-electron chi connectivity index (χ1n) is 2.91. The molecule has 0 spiro atoms. The van der Waals surface area contributed by atoms with E-state index in [1.807, 2.05) is 0 Å². The number of amides is 1. The maximum absolute atomic E-state index is 10.6. The van der Waals surface area contributed by atoms with Gasteiger partial charge in [0.25, 0.3) is 0 Å². The van der Waals surface area contributed by atoms with Gasteiger partial charge in [-0.25, -0.2) is 0 Å². The summed E-state index contributed by atoms with van der Waals surface area (Å²) in [6.07, 6.45) is 4.82. The highest BCUT2D eigenvalue weighted by molar-refractivity contribution is 6.04. The monoisotopic (exact) mass is 137 g/mol. The van der Waals surface area contributed by atoms with Crippen LogP contribution in [0.4, 0.5) is 0 Å². The summed E-state index contributed by atoms with van der Waals surface area (Å²) in [7, 11) is 0. The lowest BCUT2D eigenvalue weighted by molar-refractivity contribution is -0.116. The summed E-state index contributed by atoms with van der Waals surface area (Å²) in [6.45, 7) is 0. The van der Waals surface area contributed by atoms with Crippen LogP contribution in [0.15, 0.2) is 23.8 Å². The zero-order valence-corrected chi connectivity index (χ0v) is 5.33. The summed E-state index contributed by atoms with van der Waals surface area (Å²) in [5, 5.41) is 0. The summed E-state index contributed by atoms with van der Waals surface area (Å²) < 4.78 is 0. The SMILES string of the molecule is NC(=O)C1=CC(=O)CC=C1. The maximum Gasteiger partial charge on any atom is 0.248 e. The molecule has 3 nitrogen and oxygen atoms in total. The minimum absolute atomic E-state index is 0.0729. The molecule has 0 aromatic carbocycles. The van der Waals surface area contributed by atoms with Crippen molar-refractivity contribution in [2.24, 2.45) is 5.73 Å². The molecular weight excluding hydrogens is 130 g/mol. The van der Waals surface area contributed by atoms with E-state index >= 15 is 0 Å². The molecule has 1 aliphatic carbocycles. The van der Waals surface area contributed by atoms with Crippen LogP contribution in [0.3, 0.4) is 0 Å². The molecule has 10 heavy (non-hydrogen) atoms. The van der Waals surface area contributed by atoms with Crippen molar-refractivity contribution in [2.75, 3.05) is 0 Å². The second-order valence-corrected chi connectivity index (χ2v) is 2.04. The highest BCUT2D eigenvalue weighted by atomic mass is 16.1. The predicted molar refractivity (Wildman–Crippen MR) is 36.0 cm³/mol. The lowest BCUT2D eigenvalue weighted by Gasteiger charge is -1.99. The van der Waals surface area contributed by atoms with E-state index in [0.717, 1.165) is 0 Å². The minimum Gasteiger partial charge on any atom is -0.366 e. The van der Waals surface area contributed by atoms with Crippen LogP contribution < -0.4 is 5.73 Å². The third kappa shape index (κ3) is 1.31. The van der Waals surface area contributed by atoms with E-state index in [9.17, 15) is 9.59 Å². The Hall–Kier alpha value is -1.38. The van der Waals surface area contributed by atoms with Gasteiger partial charge < -0.3 is 5.73 Å². The van der Waals surface area contributed by atoms with Crippen molar-refractivity contribution in [1.29, 1.82) is 0 Å². The van der Waals surface area contributed by atoms with Gasteiger partial charge in [-0.15, -0.1) is 0 Å². The molecule has 1 aliphatic rings. The Balaban J connectivity index is 2.86. The zero-order chi connectivity index (χ0) is 7.56. The van der Waals surface area contributed by atoms with Crippen molar-refractivity contribution in [3.8, 4) is 0 Å². The molecule has 3 heteroatoms. The topological polar surface area (TPSA) is 60.2 Å². The predicted octanol–water partition coefficient (Wildman–Crippen LogP) is -0.0729. The molecule has 0 saturated heterocycles. The number of carbonyl (C=O) groups excluding carboxylic acids is 2. The molecule has 0 aromatic heterocycles. The Kier molecular flexibility index (Phi) is 1.67. The molecule has 0 bridgehead atoms. The Labute approximate surface area is 58.2 Å². The molecule has 0 aliphatic heterocycles. The number of rotatable bonds is 1. The minimum atomic E-state index is -0.552. The molecule has 0 fully saturated rings. The summed E-state index contributed by atoms with van der Waals surface area (Å²) in [4.78, 5) is 21.1. The molecule has 0 atom stereocenters. The molecule has 0 saturated carbocycles. The Morgan fingerprint density at radius 3 is 2.70 bits per heavy atom. The van der Waals surface area contributed by atoms with Crippen molar-refractivity contribution >= 4 is 11.7 Å². The van der Waals surface area contributed by atoms with Crippen LogP contribution >= 0.6 is 0 Å². The van der Waals surface area contributed by atoms with Crippen LogP contribution in [0.5, 0.6) is 0 Å². The lowest BCUT2D eigenvalue weighted by Crippen LogP contribution is -2.15. The van der Waals surface area contributed by atoms with Crippen molar-refractivity contribution in [2.45, 2.75) is 6.42 Å². The molecule has 1 rings (SSSR count). The number of carbonyl (C=O) groups is 2. The Morgan fingerprint density at radius 2 is 2.30 bits per heavy atom. The van der Waals surface area contributed by atoms with Crippen molar-refractivity contribution in [3.05, 3.63) is 23.8 Å². The lowest BCUT2D eigenvalue weighted by atomic mass is 10.1. The first-order valence-corrected chi connectivity index (χ1v) is 2.91. The number of primary amides is 1. The Bertz CT molecular complexity index is 236. The van der Waals surface area contributed by atoms with E-state index in [0.29, 0.717) is 6.42 Å². The van der Waals surface area contributed by atoms with Crippen molar-refractivity contribution in [1.82, 2.24) is 0 Å². The summed E-state index contributed by atoms with van der Waals surface area (Å²) in [5.74, 6) is -0.624. The average Bonchev–Trinajstić information content (AvgIpc) is 1.88. The smallest absolute Gasteiger partial charge is 0.248 e. The maximum atomic E-state index is 10.6. The van der Waals surface area contributed by atoms with Gasteiger partial charge in [-0.1, -0.05) is 12.2 Å². The van der Waals surface area contributed by atoms with Crippen molar-refractivity contribution in [3.63, 3.8) is 0 Å². The van der Waals surface area contributed by atoms with Crippen LogP contribution in [-0.4, -0.2) is 11.7 Å². The van der Waals surface area contributed by atoms with E-state index in [2.05, 4.69) is 0 Å². The first kappa shape index (κ1) is 6.74. The fraction of sp³-hybridized carbons (Fsp3) is 0.143. The summed E-state index contributed by atoms with van der Waals surface area (Å²) in [6, 6.07) is 0. The van der Waals surface area contributed by atoms with E-state index in [1.54, 1.807) is 12.2 Å². The molecule has 0 heterocycles. The normalized spacial score (nSPS) is 16.8. The highest BCUT2D eigenvalue weighted by Gasteiger charge is 2.07. The van der Waals surface area contributed by atoms with Crippen LogP contribution in [0, 0.1) is 0 Å². The zero-order valence-electron chi connectivity index (χ0n) is 5.33. The molecule has 0 radical (unpaired) electrons. The van der Waals surface area contributed by atoms with Gasteiger partial charge >= 0.3 is 0 Å². The molecule has 0 unspecified atom stereocenters. The van der Waals surface area contributed by atoms with Gasteiger partial charge in [0.05, 0.1) is 0 Å². The quantitative estimate of drug-likeness (QED) is 0.549. The highest BCUT2D eigenvalue weighted by Crippen LogP contribution is 2.05. The second kappa shape index (κ2) is 2.47. The first-order chi connectivity index (χ1) is 4.70. The fourth-order valence-electron chi connectivity index (χ4n) is 0.736. The third-order valence-electron chi connectivity index (χ3n) is 1.22. The molecular formula is C7H7NO2. The van der Waals surface area contributed by atoms with Crippen LogP contribution in [0.1, 0.15) is 6.42 Å². The van der Waals surface area contributed by atoms with Gasteiger partial charge in [0.15, 0.2) is 5.78 Å². The molecule has 1 amide bonds. The number of allylic oxidation sites excluding steroid dienone is 2. The van der Waals surface area contributed by atoms with E-state index in [1.165, 1.54) is 6.08 Å². The van der Waals surface area contributed by atoms with Gasteiger partial charge in [-0.2, -0.15) is 0 Å². The third-order valence-corrected chi connectivity index (χ3v) is 1.22. The van der Waals surface area contributed by atoms with Gasteiger partial charge in [0.1, 0.15) is 0 Å². The van der Waals surface area contributed by atoms with Crippen LogP contribution in [0.25, 0.3) is 0 Å². The van der Waals surface area contributed by atoms with Crippen molar-refractivity contribution < 1.29 is 9.59 Å². The van der Waals surface area contributed by atoms with Crippen LogP contribution in [-0.2, 0) is 9.59 Å². The second-order valence-electron chi connectivity index (χ2n) is 2.04. The number of hydrogen-bond donors (Lipinski definition) is 1. The van der Waals surface area contributed by atoms with Gasteiger partial charge in [0, 0.05) is 12.0 Å². The fourth-order valence-corrected chi connectivity index (χ4v) is 0.736. The molecule has 2 N–H and O–H groups in total. The standard InChI is InChI=1S/C7H7NO2/c8-7(10)5-2-1-3-6(9)4-5/h1-2,4H,3H2,(H2,8,10). The molecule has 52 valence electrons.